The topological polar surface area (TPSA) is 61.5 Å². The lowest BCUT2D eigenvalue weighted by atomic mass is 9.81. The number of hydrogen-bond donors (Lipinski definition) is 0. The summed E-state index contributed by atoms with van der Waals surface area (Å²) in [5, 5.41) is 7.03. The largest absolute Gasteiger partial charge is 0.497 e. The van der Waals surface area contributed by atoms with Gasteiger partial charge in [0.1, 0.15) is 17.8 Å². The lowest BCUT2D eigenvalue weighted by molar-refractivity contribution is 0.414. The fourth-order valence-corrected chi connectivity index (χ4v) is 4.94. The van der Waals surface area contributed by atoms with Gasteiger partial charge in [0.2, 0.25) is 5.88 Å². The van der Waals surface area contributed by atoms with Gasteiger partial charge in [-0.15, -0.1) is 5.10 Å². The number of fused-ring (bicyclic) bond motifs is 6. The van der Waals surface area contributed by atoms with E-state index in [2.05, 4.69) is 47.4 Å². The van der Waals surface area contributed by atoms with E-state index in [-0.39, 0.29) is 5.92 Å². The van der Waals surface area contributed by atoms with Gasteiger partial charge in [-0.25, -0.2) is 14.5 Å². The van der Waals surface area contributed by atoms with Gasteiger partial charge in [0.05, 0.1) is 12.7 Å². The third-order valence-corrected chi connectivity index (χ3v) is 6.58. The standard InChI is InChI=1S/C29H20N4O2/c1-34-21-14-11-19(12-15-21)24-25-22-10-6-5-7-18(22)13-16-23(25)35-29-26(24)28-31-27(32-33(28)17-30-29)20-8-3-2-4-9-20/h2-17,24H,1H3/t24-/m1/s1. The van der Waals surface area contributed by atoms with Gasteiger partial charge in [0, 0.05) is 17.0 Å². The molecule has 2 aromatic heterocycles. The number of methoxy groups -OCH3 is 1. The Kier molecular flexibility index (Phi) is 4.32. The summed E-state index contributed by atoms with van der Waals surface area (Å²) in [6.07, 6.45) is 1.67. The Labute approximate surface area is 201 Å². The van der Waals surface area contributed by atoms with Crippen molar-refractivity contribution in [1.82, 2.24) is 19.6 Å². The maximum Gasteiger partial charge on any atom is 0.228 e. The van der Waals surface area contributed by atoms with Gasteiger partial charge in [0.15, 0.2) is 11.5 Å². The summed E-state index contributed by atoms with van der Waals surface area (Å²) in [6.45, 7) is 0. The molecule has 0 amide bonds. The van der Waals surface area contributed by atoms with Crippen LogP contribution in [0.3, 0.4) is 0 Å². The Morgan fingerprint density at radius 2 is 1.63 bits per heavy atom. The molecule has 1 atom stereocenters. The molecule has 168 valence electrons. The first-order chi connectivity index (χ1) is 17.3. The van der Waals surface area contributed by atoms with Gasteiger partial charge in [0.25, 0.3) is 0 Å². The van der Waals surface area contributed by atoms with Crippen molar-refractivity contribution < 1.29 is 9.47 Å². The first-order valence-electron chi connectivity index (χ1n) is 11.4. The zero-order valence-electron chi connectivity index (χ0n) is 18.9. The van der Waals surface area contributed by atoms with Gasteiger partial charge < -0.3 is 9.47 Å². The van der Waals surface area contributed by atoms with Crippen molar-refractivity contribution in [2.24, 2.45) is 0 Å². The first kappa shape index (κ1) is 19.7. The molecule has 0 N–H and O–H groups in total. The van der Waals surface area contributed by atoms with Crippen LogP contribution in [0.1, 0.15) is 22.6 Å². The van der Waals surface area contributed by atoms with Gasteiger partial charge in [-0.05, 0) is 34.5 Å². The molecule has 1 aliphatic rings. The molecule has 6 heteroatoms. The monoisotopic (exact) mass is 456 g/mol. The minimum Gasteiger partial charge on any atom is -0.497 e. The van der Waals surface area contributed by atoms with Crippen LogP contribution in [0, 0.1) is 0 Å². The molecule has 0 fully saturated rings. The Morgan fingerprint density at radius 3 is 2.46 bits per heavy atom. The van der Waals surface area contributed by atoms with Crippen LogP contribution < -0.4 is 9.47 Å². The summed E-state index contributed by atoms with van der Waals surface area (Å²) in [7, 11) is 1.68. The minimum absolute atomic E-state index is 0.144. The first-order valence-corrected chi connectivity index (χ1v) is 11.4. The highest BCUT2D eigenvalue weighted by Crippen LogP contribution is 2.50. The quantitative estimate of drug-likeness (QED) is 0.315. The van der Waals surface area contributed by atoms with Crippen molar-refractivity contribution in [3.8, 4) is 28.8 Å². The Hall–Kier alpha value is -4.71. The molecule has 0 aliphatic carbocycles. The number of aromatic nitrogens is 4. The summed E-state index contributed by atoms with van der Waals surface area (Å²) >= 11 is 0. The normalized spacial score (nSPS) is 14.4. The van der Waals surface area contributed by atoms with Crippen molar-refractivity contribution >= 4 is 16.4 Å². The molecule has 6 aromatic rings. The Balaban J connectivity index is 1.53. The summed E-state index contributed by atoms with van der Waals surface area (Å²) in [4.78, 5) is 9.62. The second-order valence-corrected chi connectivity index (χ2v) is 8.54. The molecular formula is C29H20N4O2. The molecular weight excluding hydrogens is 436 g/mol. The maximum absolute atomic E-state index is 6.39. The van der Waals surface area contributed by atoms with Crippen LogP contribution in [0.15, 0.2) is 97.3 Å². The molecule has 35 heavy (non-hydrogen) atoms. The average molecular weight is 457 g/mol. The molecule has 6 nitrogen and oxygen atoms in total. The van der Waals surface area contributed by atoms with Crippen LogP contribution in [-0.2, 0) is 0 Å². The molecule has 0 saturated heterocycles. The smallest absolute Gasteiger partial charge is 0.228 e. The van der Waals surface area contributed by atoms with Crippen LogP contribution in [-0.4, -0.2) is 26.7 Å². The summed E-state index contributed by atoms with van der Waals surface area (Å²) in [5.41, 5.74) is 4.78. The SMILES string of the molecule is COc1ccc([C@@H]2c3c(ccc4ccccc34)Oc3ncn4nc(-c5ccccc5)nc4c32)cc1. The van der Waals surface area contributed by atoms with Crippen LogP contribution >= 0.6 is 0 Å². The predicted molar refractivity (Wildman–Crippen MR) is 134 cm³/mol. The predicted octanol–water partition coefficient (Wildman–Crippen LogP) is 6.24. The van der Waals surface area contributed by atoms with E-state index in [0.717, 1.165) is 50.2 Å². The minimum atomic E-state index is -0.144. The van der Waals surface area contributed by atoms with Crippen molar-refractivity contribution in [3.63, 3.8) is 0 Å². The molecule has 7 rings (SSSR count). The van der Waals surface area contributed by atoms with Crippen molar-refractivity contribution in [1.29, 1.82) is 0 Å². The molecule has 1 aliphatic heterocycles. The fourth-order valence-electron chi connectivity index (χ4n) is 4.94. The van der Waals surface area contributed by atoms with E-state index in [0.29, 0.717) is 11.7 Å². The van der Waals surface area contributed by atoms with Gasteiger partial charge in [-0.2, -0.15) is 0 Å². The summed E-state index contributed by atoms with van der Waals surface area (Å²) in [5.74, 6) is 2.67. The van der Waals surface area contributed by atoms with Gasteiger partial charge in [-0.3, -0.25) is 0 Å². The number of ether oxygens (including phenoxy) is 2. The molecule has 0 radical (unpaired) electrons. The molecule has 0 bridgehead atoms. The van der Waals surface area contributed by atoms with E-state index in [9.17, 15) is 0 Å². The van der Waals surface area contributed by atoms with Crippen molar-refractivity contribution in [2.75, 3.05) is 7.11 Å². The lowest BCUT2D eigenvalue weighted by Crippen LogP contribution is -2.15. The summed E-state index contributed by atoms with van der Waals surface area (Å²) in [6, 6.07) is 30.7. The van der Waals surface area contributed by atoms with E-state index in [1.807, 2.05) is 48.5 Å². The molecule has 0 spiro atoms. The fraction of sp³-hybridized carbons (Fsp3) is 0.0690. The molecule has 0 unspecified atom stereocenters. The zero-order chi connectivity index (χ0) is 23.4. The van der Waals surface area contributed by atoms with Gasteiger partial charge >= 0.3 is 0 Å². The van der Waals surface area contributed by atoms with Crippen molar-refractivity contribution in [3.05, 3.63) is 114 Å². The van der Waals surface area contributed by atoms with E-state index < -0.39 is 0 Å². The van der Waals surface area contributed by atoms with Crippen LogP contribution in [0.25, 0.3) is 27.8 Å². The molecule has 0 saturated carbocycles. The van der Waals surface area contributed by atoms with Gasteiger partial charge in [-0.1, -0.05) is 72.8 Å². The van der Waals surface area contributed by atoms with E-state index in [1.54, 1.807) is 18.0 Å². The highest BCUT2D eigenvalue weighted by molar-refractivity contribution is 5.91. The lowest BCUT2D eigenvalue weighted by Gasteiger charge is -2.29. The third kappa shape index (κ3) is 3.07. The third-order valence-electron chi connectivity index (χ3n) is 6.58. The van der Waals surface area contributed by atoms with Crippen LogP contribution in [0.2, 0.25) is 0 Å². The number of rotatable bonds is 3. The van der Waals surface area contributed by atoms with Crippen LogP contribution in [0.4, 0.5) is 0 Å². The maximum atomic E-state index is 6.39. The zero-order valence-corrected chi connectivity index (χ0v) is 18.9. The second kappa shape index (κ2) is 7.67. The Bertz CT molecular complexity index is 1710. The molecule has 4 aromatic carbocycles. The molecule has 3 heterocycles. The number of nitrogens with zero attached hydrogens (tertiary/aromatic N) is 4. The van der Waals surface area contributed by atoms with E-state index in [4.69, 9.17) is 19.6 Å². The highest BCUT2D eigenvalue weighted by Gasteiger charge is 2.34. The average Bonchev–Trinajstić information content (AvgIpc) is 3.37. The van der Waals surface area contributed by atoms with E-state index in [1.165, 1.54) is 0 Å². The van der Waals surface area contributed by atoms with E-state index >= 15 is 0 Å². The highest BCUT2D eigenvalue weighted by atomic mass is 16.5. The van der Waals surface area contributed by atoms with Crippen LogP contribution in [0.5, 0.6) is 17.4 Å². The second-order valence-electron chi connectivity index (χ2n) is 8.54. The van der Waals surface area contributed by atoms with Crippen molar-refractivity contribution in [2.45, 2.75) is 5.92 Å². The number of benzene rings is 4. The summed E-state index contributed by atoms with van der Waals surface area (Å²) < 4.78 is 13.6. The number of hydrogen-bond acceptors (Lipinski definition) is 5. The Morgan fingerprint density at radius 1 is 0.829 bits per heavy atom.